The Bertz CT molecular complexity index is 1200. The molecule has 0 aliphatic carbocycles. The second-order valence-corrected chi connectivity index (χ2v) is 7.99. The van der Waals surface area contributed by atoms with Crippen molar-refractivity contribution in [2.24, 2.45) is 0 Å². The maximum atomic E-state index is 13.0. The number of fused-ring (bicyclic) bond motifs is 1. The van der Waals surface area contributed by atoms with Gasteiger partial charge >= 0.3 is 6.18 Å². The van der Waals surface area contributed by atoms with Crippen LogP contribution in [0.4, 0.5) is 24.7 Å². The van der Waals surface area contributed by atoms with Gasteiger partial charge in [0.15, 0.2) is 11.5 Å². The number of ether oxygens (including phenoxy) is 2. The fraction of sp³-hybridized carbons (Fsp3) is 0.375. The van der Waals surface area contributed by atoms with Crippen LogP contribution in [0, 0.1) is 11.3 Å². The summed E-state index contributed by atoms with van der Waals surface area (Å²) in [4.78, 5) is 10.9. The average molecular weight is 471 g/mol. The lowest BCUT2D eigenvalue weighted by molar-refractivity contribution is -0.137. The van der Waals surface area contributed by atoms with Gasteiger partial charge in [-0.15, -0.1) is 0 Å². The number of rotatable bonds is 8. The molecule has 1 N–H and O–H groups in total. The van der Waals surface area contributed by atoms with Crippen molar-refractivity contribution in [1.82, 2.24) is 14.9 Å². The van der Waals surface area contributed by atoms with E-state index < -0.39 is 11.7 Å². The molecule has 1 aliphatic heterocycles. The molecule has 0 atom stereocenters. The lowest BCUT2D eigenvalue weighted by Gasteiger charge is -2.16. The van der Waals surface area contributed by atoms with Crippen molar-refractivity contribution < 1.29 is 22.6 Å². The van der Waals surface area contributed by atoms with Crippen molar-refractivity contribution in [2.75, 3.05) is 38.7 Å². The number of methoxy groups -OCH3 is 1. The highest BCUT2D eigenvalue weighted by Gasteiger charge is 2.31. The molecule has 0 radical (unpaired) electrons. The van der Waals surface area contributed by atoms with E-state index in [1.165, 1.54) is 32.3 Å². The van der Waals surface area contributed by atoms with E-state index in [0.29, 0.717) is 34.8 Å². The fourth-order valence-corrected chi connectivity index (χ4v) is 3.96. The Morgan fingerprint density at radius 1 is 1.12 bits per heavy atom. The Morgan fingerprint density at radius 3 is 2.62 bits per heavy atom. The third-order valence-corrected chi connectivity index (χ3v) is 5.72. The van der Waals surface area contributed by atoms with Crippen LogP contribution >= 0.6 is 0 Å². The van der Waals surface area contributed by atoms with Crippen LogP contribution in [-0.4, -0.2) is 48.2 Å². The second-order valence-electron chi connectivity index (χ2n) is 7.99. The lowest BCUT2D eigenvalue weighted by Crippen LogP contribution is -2.21. The van der Waals surface area contributed by atoms with Crippen LogP contribution < -0.4 is 14.8 Å². The second kappa shape index (κ2) is 10.1. The molecule has 1 saturated heterocycles. The number of hydrogen-bond donors (Lipinski definition) is 1. The highest BCUT2D eigenvalue weighted by Crippen LogP contribution is 2.36. The molecule has 1 aliphatic rings. The minimum atomic E-state index is -4.54. The van der Waals surface area contributed by atoms with Crippen molar-refractivity contribution in [3.8, 4) is 17.6 Å². The molecule has 10 heteroatoms. The van der Waals surface area contributed by atoms with Gasteiger partial charge < -0.3 is 19.7 Å². The zero-order chi connectivity index (χ0) is 24.1. The van der Waals surface area contributed by atoms with E-state index in [2.05, 4.69) is 20.2 Å². The van der Waals surface area contributed by atoms with Crippen LogP contribution in [-0.2, 0) is 6.18 Å². The molecule has 0 unspecified atom stereocenters. The molecule has 0 bridgehead atoms. The molecule has 1 fully saturated rings. The van der Waals surface area contributed by atoms with Crippen molar-refractivity contribution in [1.29, 1.82) is 5.26 Å². The Labute approximate surface area is 195 Å². The number of benzene rings is 2. The number of halogens is 3. The van der Waals surface area contributed by atoms with E-state index >= 15 is 0 Å². The number of likely N-dealkylation sites (tertiary alicyclic amines) is 1. The van der Waals surface area contributed by atoms with Crippen molar-refractivity contribution in [3.05, 3.63) is 47.8 Å². The summed E-state index contributed by atoms with van der Waals surface area (Å²) in [6.07, 6.45) is 0.187. The number of alkyl halides is 3. The first kappa shape index (κ1) is 23.6. The summed E-state index contributed by atoms with van der Waals surface area (Å²) in [5, 5.41) is 12.9. The number of nitriles is 1. The van der Waals surface area contributed by atoms with E-state index in [9.17, 15) is 18.4 Å². The van der Waals surface area contributed by atoms with Crippen LogP contribution in [0.2, 0.25) is 0 Å². The lowest BCUT2D eigenvalue weighted by atomic mass is 10.1. The zero-order valence-corrected chi connectivity index (χ0v) is 18.7. The van der Waals surface area contributed by atoms with Crippen molar-refractivity contribution in [2.45, 2.75) is 25.4 Å². The van der Waals surface area contributed by atoms with Crippen LogP contribution in [0.5, 0.6) is 11.5 Å². The van der Waals surface area contributed by atoms with E-state index in [-0.39, 0.29) is 11.3 Å². The van der Waals surface area contributed by atoms with Gasteiger partial charge in [-0.1, -0.05) is 0 Å². The van der Waals surface area contributed by atoms with Crippen molar-refractivity contribution in [3.63, 3.8) is 0 Å². The summed E-state index contributed by atoms with van der Waals surface area (Å²) in [6.45, 7) is 3.79. The molecule has 178 valence electrons. The van der Waals surface area contributed by atoms with Gasteiger partial charge in [-0.2, -0.15) is 18.4 Å². The van der Waals surface area contributed by atoms with Crippen molar-refractivity contribution >= 4 is 22.4 Å². The van der Waals surface area contributed by atoms with E-state index in [1.54, 1.807) is 18.2 Å². The number of anilines is 2. The highest BCUT2D eigenvalue weighted by atomic mass is 19.4. The molecule has 3 aromatic rings. The summed E-state index contributed by atoms with van der Waals surface area (Å²) < 4.78 is 50.5. The maximum absolute atomic E-state index is 13.0. The summed E-state index contributed by atoms with van der Waals surface area (Å²) in [5.41, 5.74) is -0.267. The van der Waals surface area contributed by atoms with E-state index in [4.69, 9.17) is 9.47 Å². The van der Waals surface area contributed by atoms with E-state index in [1.807, 2.05) is 0 Å². The number of nitrogens with zero attached hydrogens (tertiary/aromatic N) is 4. The normalized spacial score (nSPS) is 14.2. The molecule has 2 aromatic carbocycles. The summed E-state index contributed by atoms with van der Waals surface area (Å²) in [5.74, 6) is 1.37. The minimum absolute atomic E-state index is 0.147. The monoisotopic (exact) mass is 471 g/mol. The van der Waals surface area contributed by atoms with Gasteiger partial charge in [0.05, 0.1) is 36.0 Å². The zero-order valence-electron chi connectivity index (χ0n) is 18.7. The van der Waals surface area contributed by atoms with Gasteiger partial charge in [0.1, 0.15) is 18.2 Å². The molecule has 4 rings (SSSR count). The third-order valence-electron chi connectivity index (χ3n) is 5.72. The van der Waals surface area contributed by atoms with Gasteiger partial charge in [-0.3, -0.25) is 0 Å². The van der Waals surface area contributed by atoms with Crippen LogP contribution in [0.1, 0.15) is 30.4 Å². The van der Waals surface area contributed by atoms with Gasteiger partial charge in [-0.25, -0.2) is 9.97 Å². The largest absolute Gasteiger partial charge is 0.493 e. The van der Waals surface area contributed by atoms with Crippen LogP contribution in [0.15, 0.2) is 36.7 Å². The van der Waals surface area contributed by atoms with Crippen LogP contribution in [0.25, 0.3) is 10.9 Å². The molecular formula is C24H24F3N5O2. The molecule has 0 amide bonds. The molecule has 2 heterocycles. The first-order valence-corrected chi connectivity index (χ1v) is 11.0. The number of hydrogen-bond acceptors (Lipinski definition) is 7. The fourth-order valence-electron chi connectivity index (χ4n) is 3.96. The first-order valence-electron chi connectivity index (χ1n) is 11.0. The van der Waals surface area contributed by atoms with Gasteiger partial charge in [0.25, 0.3) is 0 Å². The summed E-state index contributed by atoms with van der Waals surface area (Å²) >= 11 is 0. The van der Waals surface area contributed by atoms with Gasteiger partial charge in [0.2, 0.25) is 0 Å². The third kappa shape index (κ3) is 5.31. The molecule has 34 heavy (non-hydrogen) atoms. The molecule has 0 saturated carbocycles. The quantitative estimate of drug-likeness (QED) is 0.456. The van der Waals surface area contributed by atoms with Gasteiger partial charge in [-0.05, 0) is 56.6 Å². The number of aromatic nitrogens is 2. The Kier molecular flexibility index (Phi) is 7.03. The highest BCUT2D eigenvalue weighted by molar-refractivity contribution is 5.93. The SMILES string of the molecule is COc1cc2c(Nc3ccc(C(F)(F)F)cc3C#N)ncnc2cc1OCCCN1CCCC1. The molecule has 7 nitrogen and oxygen atoms in total. The molecule has 0 spiro atoms. The minimum Gasteiger partial charge on any atom is -0.493 e. The average Bonchev–Trinajstić information content (AvgIpc) is 3.34. The Hall–Kier alpha value is -3.58. The molecule has 1 aromatic heterocycles. The maximum Gasteiger partial charge on any atom is 0.416 e. The predicted octanol–water partition coefficient (Wildman–Crippen LogP) is 5.14. The molecular weight excluding hydrogens is 447 g/mol. The summed E-state index contributed by atoms with van der Waals surface area (Å²) in [7, 11) is 1.53. The van der Waals surface area contributed by atoms with Gasteiger partial charge in [0, 0.05) is 18.0 Å². The Balaban J connectivity index is 1.55. The summed E-state index contributed by atoms with van der Waals surface area (Å²) in [6, 6.07) is 8.20. The first-order chi connectivity index (χ1) is 16.4. The standard InChI is InChI=1S/C24H24F3N5O2/c1-33-21-12-18-20(13-22(21)34-10-4-9-32-7-2-3-8-32)29-15-30-23(18)31-19-6-5-17(24(25,26)27)11-16(19)14-28/h5-6,11-13,15H,2-4,7-10H2,1H3,(H,29,30,31). The topological polar surface area (TPSA) is 83.3 Å². The Morgan fingerprint density at radius 2 is 1.91 bits per heavy atom. The predicted molar refractivity (Wildman–Crippen MR) is 121 cm³/mol. The van der Waals surface area contributed by atoms with E-state index in [0.717, 1.165) is 38.2 Å². The number of nitrogens with one attached hydrogen (secondary N) is 1. The smallest absolute Gasteiger partial charge is 0.416 e. The van der Waals surface area contributed by atoms with Crippen LogP contribution in [0.3, 0.4) is 0 Å².